The lowest BCUT2D eigenvalue weighted by Crippen LogP contribution is -2.27. The summed E-state index contributed by atoms with van der Waals surface area (Å²) in [6.07, 6.45) is 0.852. The Morgan fingerprint density at radius 1 is 1.47 bits per heavy atom. The number of carbonyl (C=O) groups excluding carboxylic acids is 1. The number of amides is 1. The molecule has 0 unspecified atom stereocenters. The first-order valence-corrected chi connectivity index (χ1v) is 6.42. The maximum Gasteiger partial charge on any atom is 0.307 e. The molecule has 0 atom stereocenters. The molecule has 0 aliphatic carbocycles. The first-order valence-electron chi connectivity index (χ1n) is 5.60. The van der Waals surface area contributed by atoms with Crippen molar-refractivity contribution in [2.75, 3.05) is 13.2 Å². The van der Waals surface area contributed by atoms with Crippen molar-refractivity contribution >= 4 is 17.2 Å². The van der Waals surface area contributed by atoms with Crippen molar-refractivity contribution in [1.29, 1.82) is 0 Å². The number of aromatic nitrogens is 1. The molecule has 1 aromatic rings. The zero-order valence-electron chi connectivity index (χ0n) is 10.2. The molecule has 1 aromatic heterocycles. The van der Waals surface area contributed by atoms with Crippen LogP contribution in [0.3, 0.4) is 0 Å². The fourth-order valence-corrected chi connectivity index (χ4v) is 2.31. The molecule has 17 heavy (non-hydrogen) atoms. The molecule has 0 spiro atoms. The first kappa shape index (κ1) is 13.9. The van der Waals surface area contributed by atoms with Gasteiger partial charge in [0.25, 0.3) is 0 Å². The summed E-state index contributed by atoms with van der Waals surface area (Å²) < 4.78 is 1.63. The minimum atomic E-state index is -0.0893. The lowest BCUT2D eigenvalue weighted by atomic mass is 10.3. The highest BCUT2D eigenvalue weighted by molar-refractivity contribution is 7.09. The van der Waals surface area contributed by atoms with Gasteiger partial charge < -0.3 is 15.0 Å². The van der Waals surface area contributed by atoms with E-state index in [0.717, 1.165) is 10.6 Å². The van der Waals surface area contributed by atoms with Crippen molar-refractivity contribution in [3.63, 3.8) is 0 Å². The number of hydrogen-bond donors (Lipinski definition) is 2. The van der Waals surface area contributed by atoms with Crippen LogP contribution in [0.5, 0.6) is 0 Å². The largest absolute Gasteiger partial charge is 0.396 e. The van der Waals surface area contributed by atoms with Gasteiger partial charge >= 0.3 is 4.87 Å². The minimum absolute atomic E-state index is 0.0110. The van der Waals surface area contributed by atoms with Crippen molar-refractivity contribution < 1.29 is 9.90 Å². The second-order valence-electron chi connectivity index (χ2n) is 3.84. The van der Waals surface area contributed by atoms with Gasteiger partial charge in [0.15, 0.2) is 0 Å². The molecule has 1 rings (SSSR count). The van der Waals surface area contributed by atoms with Gasteiger partial charge in [-0.2, -0.15) is 0 Å². The number of aliphatic hydroxyl groups excluding tert-OH is 1. The fourth-order valence-electron chi connectivity index (χ4n) is 1.45. The molecule has 2 N–H and O–H groups in total. The number of carbonyl (C=O) groups is 1. The van der Waals surface area contributed by atoms with Gasteiger partial charge in [0.05, 0.1) is 0 Å². The Morgan fingerprint density at radius 2 is 2.18 bits per heavy atom. The average molecular weight is 258 g/mol. The summed E-state index contributed by atoms with van der Waals surface area (Å²) >= 11 is 1.21. The van der Waals surface area contributed by atoms with E-state index in [4.69, 9.17) is 5.11 Å². The molecule has 1 heterocycles. The van der Waals surface area contributed by atoms with Crippen LogP contribution in [0, 0.1) is 13.8 Å². The number of rotatable bonds is 6. The number of thiazole rings is 1. The third-order valence-electron chi connectivity index (χ3n) is 2.59. The molecule has 96 valence electrons. The van der Waals surface area contributed by atoms with Crippen LogP contribution in [0.25, 0.3) is 0 Å². The molecule has 0 fully saturated rings. The molecule has 0 aromatic carbocycles. The van der Waals surface area contributed by atoms with Crippen molar-refractivity contribution in [1.82, 2.24) is 9.88 Å². The Labute approximate surface area is 104 Å². The van der Waals surface area contributed by atoms with Gasteiger partial charge in [-0.25, -0.2) is 0 Å². The van der Waals surface area contributed by atoms with E-state index < -0.39 is 0 Å². The molecular weight excluding hydrogens is 240 g/mol. The van der Waals surface area contributed by atoms with Gasteiger partial charge in [0.2, 0.25) is 5.91 Å². The van der Waals surface area contributed by atoms with E-state index in [-0.39, 0.29) is 17.4 Å². The molecule has 0 aliphatic heterocycles. The van der Waals surface area contributed by atoms with Crippen LogP contribution in [0.15, 0.2) is 4.79 Å². The van der Waals surface area contributed by atoms with E-state index in [9.17, 15) is 9.59 Å². The molecule has 6 heteroatoms. The Balaban J connectivity index is 2.45. The van der Waals surface area contributed by atoms with Crippen LogP contribution in [0.2, 0.25) is 0 Å². The monoisotopic (exact) mass is 258 g/mol. The molecular formula is C11H18N2O3S. The van der Waals surface area contributed by atoms with Crippen LogP contribution in [-0.4, -0.2) is 28.7 Å². The minimum Gasteiger partial charge on any atom is -0.396 e. The lowest BCUT2D eigenvalue weighted by molar-refractivity contribution is -0.121. The third-order valence-corrected chi connectivity index (χ3v) is 3.59. The van der Waals surface area contributed by atoms with Crippen LogP contribution < -0.4 is 10.2 Å². The number of hydrogen-bond acceptors (Lipinski definition) is 4. The molecule has 1 amide bonds. The number of nitrogens with one attached hydrogen (secondary N) is 1. The third kappa shape index (κ3) is 3.98. The van der Waals surface area contributed by atoms with E-state index >= 15 is 0 Å². The highest BCUT2D eigenvalue weighted by atomic mass is 32.1. The number of aliphatic hydroxyl groups is 1. The van der Waals surface area contributed by atoms with Gasteiger partial charge in [0.1, 0.15) is 0 Å². The quantitative estimate of drug-likeness (QED) is 0.726. The fraction of sp³-hybridized carbons (Fsp3) is 0.636. The molecule has 0 radical (unpaired) electrons. The summed E-state index contributed by atoms with van der Waals surface area (Å²) in [5.74, 6) is -0.0893. The predicted molar refractivity (Wildman–Crippen MR) is 67.4 cm³/mol. The van der Waals surface area contributed by atoms with E-state index in [1.807, 2.05) is 13.8 Å². The van der Waals surface area contributed by atoms with Crippen molar-refractivity contribution in [2.45, 2.75) is 33.2 Å². The van der Waals surface area contributed by atoms with E-state index in [0.29, 0.717) is 25.9 Å². The van der Waals surface area contributed by atoms with Gasteiger partial charge in [0, 0.05) is 36.7 Å². The second kappa shape index (κ2) is 6.56. The van der Waals surface area contributed by atoms with Crippen molar-refractivity contribution in [2.24, 2.45) is 0 Å². The summed E-state index contributed by atoms with van der Waals surface area (Å²) in [6, 6.07) is 0. The maximum absolute atomic E-state index is 11.6. The zero-order chi connectivity index (χ0) is 12.8. The van der Waals surface area contributed by atoms with Crippen LogP contribution >= 0.6 is 11.3 Å². The highest BCUT2D eigenvalue weighted by Crippen LogP contribution is 2.09. The smallest absolute Gasteiger partial charge is 0.307 e. The molecule has 0 saturated carbocycles. The van der Waals surface area contributed by atoms with Crippen molar-refractivity contribution in [3.8, 4) is 0 Å². The topological polar surface area (TPSA) is 71.3 Å². The number of aryl methyl sites for hydroxylation is 1. The first-order chi connectivity index (χ1) is 8.06. The normalized spacial score (nSPS) is 10.5. The van der Waals surface area contributed by atoms with Crippen LogP contribution in [-0.2, 0) is 11.3 Å². The Kier molecular flexibility index (Phi) is 5.37. The summed E-state index contributed by atoms with van der Waals surface area (Å²) in [5.41, 5.74) is 0.933. The van der Waals surface area contributed by atoms with E-state index in [2.05, 4.69) is 5.32 Å². The van der Waals surface area contributed by atoms with E-state index in [1.165, 1.54) is 11.3 Å². The highest BCUT2D eigenvalue weighted by Gasteiger charge is 2.08. The Bertz CT molecular complexity index is 436. The van der Waals surface area contributed by atoms with Crippen molar-refractivity contribution in [3.05, 3.63) is 20.2 Å². The SMILES string of the molecule is Cc1sc(=O)n(CCC(=O)NCCCO)c1C. The summed E-state index contributed by atoms with van der Waals surface area (Å²) in [7, 11) is 0. The molecule has 0 saturated heterocycles. The lowest BCUT2D eigenvalue weighted by Gasteiger charge is -2.06. The molecule has 0 aliphatic rings. The zero-order valence-corrected chi connectivity index (χ0v) is 11.0. The Morgan fingerprint density at radius 3 is 2.71 bits per heavy atom. The van der Waals surface area contributed by atoms with Gasteiger partial charge in [-0.05, 0) is 20.3 Å². The predicted octanol–water partition coefficient (Wildman–Crippen LogP) is 0.415. The number of nitrogens with zero attached hydrogens (tertiary/aromatic N) is 1. The average Bonchev–Trinajstić information content (AvgIpc) is 2.51. The van der Waals surface area contributed by atoms with Crippen LogP contribution in [0.1, 0.15) is 23.4 Å². The summed E-state index contributed by atoms with van der Waals surface area (Å²) in [4.78, 5) is 24.0. The van der Waals surface area contributed by atoms with Gasteiger partial charge in [-0.3, -0.25) is 9.59 Å². The van der Waals surface area contributed by atoms with Gasteiger partial charge in [-0.15, -0.1) is 0 Å². The molecule has 0 bridgehead atoms. The van der Waals surface area contributed by atoms with Crippen LogP contribution in [0.4, 0.5) is 0 Å². The second-order valence-corrected chi connectivity index (χ2v) is 5.00. The summed E-state index contributed by atoms with van der Waals surface area (Å²) in [6.45, 7) is 4.75. The van der Waals surface area contributed by atoms with E-state index in [1.54, 1.807) is 4.57 Å². The summed E-state index contributed by atoms with van der Waals surface area (Å²) in [5, 5.41) is 11.3. The molecule has 5 nitrogen and oxygen atoms in total. The Hall–Kier alpha value is -1.14. The van der Waals surface area contributed by atoms with Gasteiger partial charge in [-0.1, -0.05) is 11.3 Å². The maximum atomic E-state index is 11.6. The standard InChI is InChI=1S/C11H18N2O3S/c1-8-9(2)17-11(16)13(8)6-4-10(15)12-5-3-7-14/h14H,3-7H2,1-2H3,(H,12,15).